The molecule has 0 fully saturated rings. The van der Waals surface area contributed by atoms with Crippen molar-refractivity contribution in [2.75, 3.05) is 0 Å². The SMILES string of the molecule is CC(=O)O[C@@H]1[C@@H](n2ccc(C(CCCC(C)(C)C)(O[Si](C)C)C(C)(C)C)cc2=O)c2cc(C#N)ccc2OC1(C)C. The van der Waals surface area contributed by atoms with Gasteiger partial charge in [-0.2, -0.15) is 5.26 Å². The fourth-order valence-corrected chi connectivity index (χ4v) is 7.13. The Labute approximate surface area is 247 Å². The molecule has 3 rings (SSSR count). The summed E-state index contributed by atoms with van der Waals surface area (Å²) in [7, 11) is -1.13. The van der Waals surface area contributed by atoms with Crippen molar-refractivity contribution in [3.05, 3.63) is 63.6 Å². The number of aromatic nitrogens is 1. The molecule has 0 N–H and O–H groups in total. The zero-order valence-corrected chi connectivity index (χ0v) is 27.7. The second kappa shape index (κ2) is 11.8. The largest absolute Gasteiger partial charge is 0.484 e. The number of nitrogens with zero attached hydrogens (tertiary/aromatic N) is 2. The Morgan fingerprint density at radius 3 is 2.27 bits per heavy atom. The highest BCUT2D eigenvalue weighted by Gasteiger charge is 2.49. The number of esters is 1. The van der Waals surface area contributed by atoms with Crippen LogP contribution < -0.4 is 10.3 Å². The van der Waals surface area contributed by atoms with Crippen LogP contribution in [0.4, 0.5) is 0 Å². The lowest BCUT2D eigenvalue weighted by Crippen LogP contribution is -2.54. The monoisotopic (exact) mass is 579 g/mol. The number of carbonyl (C=O) groups excluding carboxylic acids is 1. The summed E-state index contributed by atoms with van der Waals surface area (Å²) in [6.45, 7) is 22.6. The molecule has 0 aliphatic carbocycles. The van der Waals surface area contributed by atoms with Gasteiger partial charge in [0.1, 0.15) is 17.4 Å². The average Bonchev–Trinajstić information content (AvgIpc) is 2.81. The van der Waals surface area contributed by atoms with E-state index in [1.54, 1.807) is 35.0 Å². The molecular formula is C33H47N2O5Si. The molecular weight excluding hydrogens is 532 g/mol. The minimum absolute atomic E-state index is 0.191. The smallest absolute Gasteiger partial charge is 0.303 e. The summed E-state index contributed by atoms with van der Waals surface area (Å²) >= 11 is 0. The number of benzene rings is 1. The maximum Gasteiger partial charge on any atom is 0.303 e. The van der Waals surface area contributed by atoms with Gasteiger partial charge in [0, 0.05) is 24.8 Å². The topological polar surface area (TPSA) is 90.5 Å². The molecule has 7 nitrogen and oxygen atoms in total. The van der Waals surface area contributed by atoms with E-state index in [0.717, 1.165) is 24.8 Å². The highest BCUT2D eigenvalue weighted by Crippen LogP contribution is 2.48. The standard InChI is InChI=1S/C33H47N2O5Si/c1-22(36)38-29-28(25-19-23(21-34)13-14-26(25)39-32(29,8)9)35-18-15-24(20-27(35)37)33(31(5,6)7,40-41(10)11)17-12-16-30(2,3)4/h13-15,18-20,28-29H,12,16-17H2,1-11H3/t28-,29+,33?/m0/s1. The Hall–Kier alpha value is -2.89. The zero-order valence-electron chi connectivity index (χ0n) is 26.7. The first kappa shape index (κ1) is 32.6. The van der Waals surface area contributed by atoms with E-state index in [2.05, 4.69) is 60.7 Å². The number of rotatable bonds is 8. The summed E-state index contributed by atoms with van der Waals surface area (Å²) in [5, 5.41) is 9.60. The fourth-order valence-electron chi connectivity index (χ4n) is 5.91. The molecule has 1 aliphatic rings. The van der Waals surface area contributed by atoms with E-state index >= 15 is 0 Å². The molecule has 8 heteroatoms. The lowest BCUT2D eigenvalue weighted by atomic mass is 9.69. The molecule has 0 saturated carbocycles. The summed E-state index contributed by atoms with van der Waals surface area (Å²) < 4.78 is 20.5. The molecule has 0 saturated heterocycles. The minimum Gasteiger partial charge on any atom is -0.484 e. The Morgan fingerprint density at radius 1 is 1.10 bits per heavy atom. The summed E-state index contributed by atoms with van der Waals surface area (Å²) in [6.07, 6.45) is 3.78. The molecule has 1 aromatic carbocycles. The van der Waals surface area contributed by atoms with Gasteiger partial charge >= 0.3 is 5.97 Å². The quantitative estimate of drug-likeness (QED) is 0.244. The molecule has 2 heterocycles. The number of hydrogen-bond donors (Lipinski definition) is 0. The zero-order chi connectivity index (χ0) is 31.0. The summed E-state index contributed by atoms with van der Waals surface area (Å²) in [5.74, 6) is 0.0814. The lowest BCUT2D eigenvalue weighted by Gasteiger charge is -2.47. The Bertz CT molecular complexity index is 1360. The summed E-state index contributed by atoms with van der Waals surface area (Å²) in [4.78, 5) is 26.3. The fraction of sp³-hybridized carbons (Fsp3) is 0.606. The molecule has 0 amide bonds. The van der Waals surface area contributed by atoms with Gasteiger partial charge in [-0.1, -0.05) is 41.5 Å². The van der Waals surface area contributed by atoms with E-state index in [4.69, 9.17) is 13.9 Å². The highest BCUT2D eigenvalue weighted by atomic mass is 28.3. The van der Waals surface area contributed by atoms with Crippen LogP contribution >= 0.6 is 0 Å². The van der Waals surface area contributed by atoms with Crippen LogP contribution in [0.5, 0.6) is 5.75 Å². The third kappa shape index (κ3) is 7.13. The number of fused-ring (bicyclic) bond motifs is 1. The van der Waals surface area contributed by atoms with E-state index in [1.165, 1.54) is 6.92 Å². The van der Waals surface area contributed by atoms with Crippen molar-refractivity contribution in [2.45, 2.75) is 118 Å². The van der Waals surface area contributed by atoms with Crippen LogP contribution in [0.25, 0.3) is 0 Å². The van der Waals surface area contributed by atoms with Gasteiger partial charge in [-0.05, 0) is 86.9 Å². The molecule has 41 heavy (non-hydrogen) atoms. The van der Waals surface area contributed by atoms with Crippen LogP contribution in [0.15, 0.2) is 41.3 Å². The van der Waals surface area contributed by atoms with Crippen LogP contribution in [0.2, 0.25) is 13.1 Å². The molecule has 0 bridgehead atoms. The van der Waals surface area contributed by atoms with E-state index < -0.39 is 38.4 Å². The highest BCUT2D eigenvalue weighted by molar-refractivity contribution is 6.48. The number of carbonyl (C=O) groups is 1. The van der Waals surface area contributed by atoms with Crippen molar-refractivity contribution in [2.24, 2.45) is 10.8 Å². The van der Waals surface area contributed by atoms with Crippen molar-refractivity contribution in [3.8, 4) is 11.8 Å². The number of ether oxygens (including phenoxy) is 2. The van der Waals surface area contributed by atoms with Crippen molar-refractivity contribution in [1.82, 2.24) is 4.57 Å². The minimum atomic E-state index is -1.13. The van der Waals surface area contributed by atoms with Gasteiger partial charge in [-0.3, -0.25) is 9.59 Å². The molecule has 1 aromatic heterocycles. The maximum atomic E-state index is 14.1. The van der Waals surface area contributed by atoms with Gasteiger partial charge in [0.25, 0.3) is 5.56 Å². The second-order valence-electron chi connectivity index (χ2n) is 14.2. The van der Waals surface area contributed by atoms with Crippen molar-refractivity contribution in [3.63, 3.8) is 0 Å². The Morgan fingerprint density at radius 2 is 1.76 bits per heavy atom. The molecule has 0 spiro atoms. The van der Waals surface area contributed by atoms with Crippen LogP contribution in [0.1, 0.15) is 104 Å². The van der Waals surface area contributed by atoms with Crippen molar-refractivity contribution in [1.29, 1.82) is 5.26 Å². The summed E-state index contributed by atoms with van der Waals surface area (Å²) in [5.41, 5.74) is 0.0188. The summed E-state index contributed by atoms with van der Waals surface area (Å²) in [6, 6.07) is 10.3. The molecule has 1 radical (unpaired) electrons. The van der Waals surface area contributed by atoms with Gasteiger partial charge in [-0.15, -0.1) is 0 Å². The van der Waals surface area contributed by atoms with Gasteiger partial charge in [-0.25, -0.2) is 0 Å². The van der Waals surface area contributed by atoms with Crippen LogP contribution in [0, 0.1) is 22.2 Å². The van der Waals surface area contributed by atoms with E-state index in [9.17, 15) is 14.9 Å². The molecule has 1 unspecified atom stereocenters. The predicted molar refractivity (Wildman–Crippen MR) is 163 cm³/mol. The van der Waals surface area contributed by atoms with Crippen LogP contribution in [-0.2, 0) is 19.6 Å². The molecule has 223 valence electrons. The Balaban J connectivity index is 2.23. The number of hydrogen-bond acceptors (Lipinski definition) is 6. The van der Waals surface area contributed by atoms with Crippen molar-refractivity contribution < 1.29 is 18.7 Å². The normalized spacial score (nSPS) is 20.0. The first-order valence-corrected chi connectivity index (χ1v) is 16.8. The van der Waals surface area contributed by atoms with Gasteiger partial charge in [0.2, 0.25) is 9.04 Å². The molecule has 2 aromatic rings. The van der Waals surface area contributed by atoms with E-state index in [0.29, 0.717) is 16.9 Å². The van der Waals surface area contributed by atoms with E-state index in [-0.39, 0.29) is 16.4 Å². The second-order valence-corrected chi connectivity index (χ2v) is 16.2. The average molecular weight is 580 g/mol. The van der Waals surface area contributed by atoms with Gasteiger partial charge < -0.3 is 18.5 Å². The molecule has 1 aliphatic heterocycles. The van der Waals surface area contributed by atoms with Gasteiger partial charge in [0.15, 0.2) is 6.10 Å². The first-order valence-electron chi connectivity index (χ1n) is 14.4. The van der Waals surface area contributed by atoms with Gasteiger partial charge in [0.05, 0.1) is 17.2 Å². The maximum absolute atomic E-state index is 14.1. The lowest BCUT2D eigenvalue weighted by molar-refractivity contribution is -0.163. The van der Waals surface area contributed by atoms with E-state index in [1.807, 2.05) is 19.9 Å². The Kier molecular flexibility index (Phi) is 9.37. The number of pyridine rings is 1. The third-order valence-electron chi connectivity index (χ3n) is 7.86. The van der Waals surface area contributed by atoms with Crippen LogP contribution in [0.3, 0.4) is 0 Å². The van der Waals surface area contributed by atoms with Crippen LogP contribution in [-0.4, -0.2) is 31.3 Å². The number of nitriles is 1. The third-order valence-corrected chi connectivity index (χ3v) is 8.61. The predicted octanol–water partition coefficient (Wildman–Crippen LogP) is 7.14. The first-order chi connectivity index (χ1) is 18.8. The molecule has 3 atom stereocenters. The van der Waals surface area contributed by atoms with Crippen molar-refractivity contribution >= 4 is 15.0 Å².